The highest BCUT2D eigenvalue weighted by atomic mass is 32.1. The van der Waals surface area contributed by atoms with E-state index in [1.54, 1.807) is 14.2 Å². The molecule has 0 heterocycles. The number of rotatable bonds is 7. The van der Waals surface area contributed by atoms with Gasteiger partial charge in [0.1, 0.15) is 12.4 Å². The van der Waals surface area contributed by atoms with Crippen molar-refractivity contribution < 1.29 is 14.2 Å². The van der Waals surface area contributed by atoms with Gasteiger partial charge in [-0.3, -0.25) is 0 Å². The second-order valence-corrected chi connectivity index (χ2v) is 6.05. The fourth-order valence-corrected chi connectivity index (χ4v) is 2.60. The van der Waals surface area contributed by atoms with Crippen molar-refractivity contribution in [3.63, 3.8) is 0 Å². The quantitative estimate of drug-likeness (QED) is 0.733. The van der Waals surface area contributed by atoms with Crippen LogP contribution in [0.1, 0.15) is 12.5 Å². The Hall–Kier alpha value is -2.47. The van der Waals surface area contributed by atoms with Gasteiger partial charge in [-0.15, -0.1) is 0 Å². The average Bonchev–Trinajstić information content (AvgIpc) is 2.60. The molecule has 0 aliphatic heterocycles. The topological polar surface area (TPSA) is 51.8 Å². The van der Waals surface area contributed by atoms with Crippen LogP contribution in [0.4, 0.5) is 5.69 Å². The summed E-state index contributed by atoms with van der Waals surface area (Å²) < 4.78 is 16.3. The maximum Gasteiger partial charge on any atom is 0.171 e. The SMILES string of the molecule is COc1ccc(NC(=S)N[C@@H](C)COc2ccccc2C)cc1OC. The van der Waals surface area contributed by atoms with Crippen LogP contribution in [0.25, 0.3) is 0 Å². The lowest BCUT2D eigenvalue weighted by atomic mass is 10.2. The highest BCUT2D eigenvalue weighted by Crippen LogP contribution is 2.29. The molecule has 0 saturated carbocycles. The molecule has 0 aliphatic carbocycles. The standard InChI is InChI=1S/C19H24N2O3S/c1-13-7-5-6-8-16(13)24-12-14(2)20-19(25)21-15-9-10-17(22-3)18(11-15)23-4/h5-11,14H,12H2,1-4H3,(H2,20,21,25)/t14-/m0/s1. The van der Waals surface area contributed by atoms with Gasteiger partial charge in [-0.1, -0.05) is 18.2 Å². The number of hydrogen-bond acceptors (Lipinski definition) is 4. The van der Waals surface area contributed by atoms with Gasteiger partial charge in [-0.2, -0.15) is 0 Å². The second-order valence-electron chi connectivity index (χ2n) is 5.65. The molecule has 0 saturated heterocycles. The summed E-state index contributed by atoms with van der Waals surface area (Å²) in [6, 6.07) is 13.5. The molecule has 2 rings (SSSR count). The van der Waals surface area contributed by atoms with Crippen molar-refractivity contribution in [1.29, 1.82) is 0 Å². The number of ether oxygens (including phenoxy) is 3. The minimum Gasteiger partial charge on any atom is -0.493 e. The van der Waals surface area contributed by atoms with E-state index in [-0.39, 0.29) is 6.04 Å². The van der Waals surface area contributed by atoms with Crippen molar-refractivity contribution in [3.8, 4) is 17.2 Å². The molecule has 6 heteroatoms. The molecule has 2 aromatic carbocycles. The largest absolute Gasteiger partial charge is 0.493 e. The molecule has 0 unspecified atom stereocenters. The molecule has 0 bridgehead atoms. The van der Waals surface area contributed by atoms with E-state index >= 15 is 0 Å². The molecule has 25 heavy (non-hydrogen) atoms. The number of thiocarbonyl (C=S) groups is 1. The molecule has 0 aliphatic rings. The number of nitrogens with one attached hydrogen (secondary N) is 2. The van der Waals surface area contributed by atoms with Gasteiger partial charge in [0.05, 0.1) is 20.3 Å². The average molecular weight is 360 g/mol. The summed E-state index contributed by atoms with van der Waals surface area (Å²) in [5, 5.41) is 6.87. The molecule has 0 radical (unpaired) electrons. The van der Waals surface area contributed by atoms with Gasteiger partial charge in [-0.05, 0) is 49.8 Å². The molecule has 0 fully saturated rings. The van der Waals surface area contributed by atoms with Crippen molar-refractivity contribution in [2.24, 2.45) is 0 Å². The molecule has 1 atom stereocenters. The molecule has 0 amide bonds. The first-order valence-corrected chi connectivity index (χ1v) is 8.42. The van der Waals surface area contributed by atoms with Crippen LogP contribution in [0, 0.1) is 6.92 Å². The van der Waals surface area contributed by atoms with Crippen LogP contribution in [-0.2, 0) is 0 Å². The van der Waals surface area contributed by atoms with Crippen molar-refractivity contribution >= 4 is 23.0 Å². The molecule has 2 N–H and O–H groups in total. The normalized spacial score (nSPS) is 11.4. The minimum atomic E-state index is 0.0553. The van der Waals surface area contributed by atoms with Gasteiger partial charge >= 0.3 is 0 Å². The van der Waals surface area contributed by atoms with E-state index in [0.29, 0.717) is 23.2 Å². The number of methoxy groups -OCH3 is 2. The molecular weight excluding hydrogens is 336 g/mol. The van der Waals surface area contributed by atoms with Crippen LogP contribution in [0.15, 0.2) is 42.5 Å². The van der Waals surface area contributed by atoms with Gasteiger partial charge < -0.3 is 24.8 Å². The zero-order valence-electron chi connectivity index (χ0n) is 15.0. The van der Waals surface area contributed by atoms with Gasteiger partial charge in [0, 0.05) is 11.8 Å². The van der Waals surface area contributed by atoms with Crippen LogP contribution in [0.2, 0.25) is 0 Å². The van der Waals surface area contributed by atoms with Crippen LogP contribution in [-0.4, -0.2) is 32.0 Å². The molecular formula is C19H24N2O3S. The number of hydrogen-bond donors (Lipinski definition) is 2. The van der Waals surface area contributed by atoms with Gasteiger partial charge in [0.25, 0.3) is 0 Å². The first-order chi connectivity index (χ1) is 12.0. The second kappa shape index (κ2) is 9.13. The monoisotopic (exact) mass is 360 g/mol. The number of para-hydroxylation sites is 1. The Bertz CT molecular complexity index is 722. The summed E-state index contributed by atoms with van der Waals surface area (Å²) in [5.41, 5.74) is 1.93. The molecule has 2 aromatic rings. The van der Waals surface area contributed by atoms with Crippen molar-refractivity contribution in [2.75, 3.05) is 26.1 Å². The number of benzene rings is 2. The summed E-state index contributed by atoms with van der Waals surface area (Å²) >= 11 is 5.36. The third-order valence-corrected chi connectivity index (χ3v) is 3.82. The minimum absolute atomic E-state index is 0.0553. The first-order valence-electron chi connectivity index (χ1n) is 8.01. The molecule has 134 valence electrons. The third-order valence-electron chi connectivity index (χ3n) is 3.60. The van der Waals surface area contributed by atoms with Crippen LogP contribution >= 0.6 is 12.2 Å². The first kappa shape index (κ1) is 18.9. The van der Waals surface area contributed by atoms with Crippen molar-refractivity contribution in [3.05, 3.63) is 48.0 Å². The summed E-state index contributed by atoms with van der Waals surface area (Å²) in [7, 11) is 3.20. The number of anilines is 1. The lowest BCUT2D eigenvalue weighted by molar-refractivity contribution is 0.285. The molecule has 5 nitrogen and oxygen atoms in total. The molecule has 0 aromatic heterocycles. The summed E-state index contributed by atoms with van der Waals surface area (Å²) in [5.74, 6) is 2.20. The van der Waals surface area contributed by atoms with Gasteiger partial charge in [-0.25, -0.2) is 0 Å². The zero-order valence-corrected chi connectivity index (χ0v) is 15.8. The van der Waals surface area contributed by atoms with E-state index in [1.165, 1.54) is 0 Å². The smallest absolute Gasteiger partial charge is 0.171 e. The lowest BCUT2D eigenvalue weighted by Gasteiger charge is -2.19. The lowest BCUT2D eigenvalue weighted by Crippen LogP contribution is -2.39. The zero-order chi connectivity index (χ0) is 18.2. The van der Waals surface area contributed by atoms with E-state index in [2.05, 4.69) is 10.6 Å². The van der Waals surface area contributed by atoms with Gasteiger partial charge in [0.15, 0.2) is 16.6 Å². The number of aryl methyl sites for hydroxylation is 1. The third kappa shape index (κ3) is 5.53. The van der Waals surface area contributed by atoms with Crippen molar-refractivity contribution in [2.45, 2.75) is 19.9 Å². The summed E-state index contributed by atoms with van der Waals surface area (Å²) in [6.07, 6.45) is 0. The fraction of sp³-hybridized carbons (Fsp3) is 0.316. The van der Waals surface area contributed by atoms with Crippen LogP contribution in [0.3, 0.4) is 0 Å². The Kier molecular flexibility index (Phi) is 6.89. The Labute approximate surface area is 154 Å². The van der Waals surface area contributed by atoms with E-state index in [1.807, 2.05) is 56.3 Å². The van der Waals surface area contributed by atoms with E-state index in [4.69, 9.17) is 26.4 Å². The predicted molar refractivity (Wildman–Crippen MR) is 105 cm³/mol. The van der Waals surface area contributed by atoms with E-state index < -0.39 is 0 Å². The maximum atomic E-state index is 5.83. The Morgan fingerprint density at radius 2 is 1.76 bits per heavy atom. The van der Waals surface area contributed by atoms with Crippen molar-refractivity contribution in [1.82, 2.24) is 5.32 Å². The highest BCUT2D eigenvalue weighted by molar-refractivity contribution is 7.80. The fourth-order valence-electron chi connectivity index (χ4n) is 2.28. The Balaban J connectivity index is 1.86. The van der Waals surface area contributed by atoms with Crippen LogP contribution < -0.4 is 24.8 Å². The Morgan fingerprint density at radius 1 is 1.04 bits per heavy atom. The predicted octanol–water partition coefficient (Wildman–Crippen LogP) is 3.77. The van der Waals surface area contributed by atoms with Crippen LogP contribution in [0.5, 0.6) is 17.2 Å². The maximum absolute atomic E-state index is 5.83. The Morgan fingerprint density at radius 3 is 2.44 bits per heavy atom. The van der Waals surface area contributed by atoms with E-state index in [9.17, 15) is 0 Å². The summed E-state index contributed by atoms with van der Waals surface area (Å²) in [4.78, 5) is 0. The van der Waals surface area contributed by atoms with E-state index in [0.717, 1.165) is 17.0 Å². The highest BCUT2D eigenvalue weighted by Gasteiger charge is 2.09. The summed E-state index contributed by atoms with van der Waals surface area (Å²) in [6.45, 7) is 4.55. The molecule has 0 spiro atoms. The van der Waals surface area contributed by atoms with Gasteiger partial charge in [0.2, 0.25) is 0 Å².